The molecule has 0 aliphatic heterocycles. The Kier molecular flexibility index (Phi) is 5.74. The zero-order valence-corrected chi connectivity index (χ0v) is 10.5. The van der Waals surface area contributed by atoms with E-state index in [9.17, 15) is 14.9 Å². The van der Waals surface area contributed by atoms with Crippen molar-refractivity contribution in [3.8, 4) is 5.75 Å². The van der Waals surface area contributed by atoms with Gasteiger partial charge in [-0.2, -0.15) is 0 Å². The van der Waals surface area contributed by atoms with Crippen molar-refractivity contribution in [1.29, 1.82) is 0 Å². The number of carboxylic acids is 1. The molecule has 0 aliphatic carbocycles. The number of carboxylic acid groups (broad SMARTS) is 1. The standard InChI is InChI=1S/C12H15NO6/c1-2-18-7-4-8-19-11-9(12(14)15)5-3-6-10(11)13(16)17/h3,5-6H,2,4,7-8H2,1H3,(H,14,15). The zero-order valence-electron chi connectivity index (χ0n) is 10.5. The van der Waals surface area contributed by atoms with Crippen LogP contribution in [0.1, 0.15) is 23.7 Å². The molecule has 1 aromatic rings. The molecule has 104 valence electrons. The second-order valence-corrected chi connectivity index (χ2v) is 3.62. The summed E-state index contributed by atoms with van der Waals surface area (Å²) in [4.78, 5) is 21.2. The SMILES string of the molecule is CCOCCCOc1c(C(=O)O)cccc1[N+](=O)[O-]. The molecule has 0 aromatic heterocycles. The molecule has 0 amide bonds. The number of nitro groups is 1. The van der Waals surface area contributed by atoms with Crippen LogP contribution in [0.5, 0.6) is 5.75 Å². The minimum atomic E-state index is -1.26. The molecule has 7 nitrogen and oxygen atoms in total. The second kappa shape index (κ2) is 7.32. The minimum absolute atomic E-state index is 0.158. The van der Waals surface area contributed by atoms with Crippen molar-refractivity contribution in [1.82, 2.24) is 0 Å². The van der Waals surface area contributed by atoms with Crippen LogP contribution in [0.2, 0.25) is 0 Å². The molecule has 0 fully saturated rings. The van der Waals surface area contributed by atoms with Gasteiger partial charge in [0.05, 0.1) is 11.5 Å². The Morgan fingerprint density at radius 2 is 2.16 bits per heavy atom. The minimum Gasteiger partial charge on any atom is -0.486 e. The Hall–Kier alpha value is -2.15. The Bertz CT molecular complexity index is 427. The molecule has 19 heavy (non-hydrogen) atoms. The summed E-state index contributed by atoms with van der Waals surface area (Å²) < 4.78 is 10.3. The number of nitro benzene ring substituents is 1. The first-order valence-corrected chi connectivity index (χ1v) is 5.79. The predicted molar refractivity (Wildman–Crippen MR) is 66.7 cm³/mol. The summed E-state index contributed by atoms with van der Waals surface area (Å²) in [6, 6.07) is 3.80. The van der Waals surface area contributed by atoms with Crippen molar-refractivity contribution in [2.45, 2.75) is 13.3 Å². The average molecular weight is 269 g/mol. The Balaban J connectivity index is 2.83. The van der Waals surface area contributed by atoms with Crippen LogP contribution in [0.25, 0.3) is 0 Å². The van der Waals surface area contributed by atoms with Gasteiger partial charge in [0.1, 0.15) is 5.56 Å². The van der Waals surface area contributed by atoms with E-state index >= 15 is 0 Å². The molecule has 0 unspecified atom stereocenters. The number of para-hydroxylation sites is 1. The number of ether oxygens (including phenoxy) is 2. The molecule has 7 heteroatoms. The van der Waals surface area contributed by atoms with Gasteiger partial charge in [0.15, 0.2) is 0 Å². The first-order valence-electron chi connectivity index (χ1n) is 5.79. The van der Waals surface area contributed by atoms with Crippen LogP contribution in [-0.4, -0.2) is 35.8 Å². The van der Waals surface area contributed by atoms with Crippen LogP contribution >= 0.6 is 0 Å². The summed E-state index contributed by atoms with van der Waals surface area (Å²) in [7, 11) is 0. The molecule has 0 aliphatic rings. The Morgan fingerprint density at radius 3 is 2.74 bits per heavy atom. The lowest BCUT2D eigenvalue weighted by molar-refractivity contribution is -0.385. The summed E-state index contributed by atoms with van der Waals surface area (Å²) in [5.74, 6) is -1.47. The summed E-state index contributed by atoms with van der Waals surface area (Å²) in [6.07, 6.45) is 0.527. The molecule has 0 atom stereocenters. The lowest BCUT2D eigenvalue weighted by atomic mass is 10.1. The van der Waals surface area contributed by atoms with Crippen molar-refractivity contribution in [2.24, 2.45) is 0 Å². The summed E-state index contributed by atoms with van der Waals surface area (Å²) in [5.41, 5.74) is -0.568. The number of hydrogen-bond acceptors (Lipinski definition) is 5. The lowest BCUT2D eigenvalue weighted by Crippen LogP contribution is -2.08. The van der Waals surface area contributed by atoms with Gasteiger partial charge in [-0.15, -0.1) is 0 Å². The molecule has 0 radical (unpaired) electrons. The van der Waals surface area contributed by atoms with E-state index in [1.807, 2.05) is 6.92 Å². The maximum Gasteiger partial charge on any atom is 0.339 e. The molecule has 1 rings (SSSR count). The van der Waals surface area contributed by atoms with E-state index in [2.05, 4.69) is 0 Å². The fourth-order valence-corrected chi connectivity index (χ4v) is 1.47. The molecular formula is C12H15NO6. The Morgan fingerprint density at radius 1 is 1.42 bits per heavy atom. The smallest absolute Gasteiger partial charge is 0.339 e. The number of aromatic carboxylic acids is 1. The van der Waals surface area contributed by atoms with Crippen LogP contribution in [0.4, 0.5) is 5.69 Å². The van der Waals surface area contributed by atoms with Crippen LogP contribution < -0.4 is 4.74 Å². The van der Waals surface area contributed by atoms with Gasteiger partial charge in [0, 0.05) is 25.7 Å². The number of nitrogens with zero attached hydrogens (tertiary/aromatic N) is 1. The van der Waals surface area contributed by atoms with Gasteiger partial charge in [-0.25, -0.2) is 4.79 Å². The fraction of sp³-hybridized carbons (Fsp3) is 0.417. The summed E-state index contributed by atoms with van der Waals surface area (Å²) in [5, 5.41) is 19.8. The van der Waals surface area contributed by atoms with Crippen molar-refractivity contribution in [2.75, 3.05) is 19.8 Å². The van der Waals surface area contributed by atoms with Crippen molar-refractivity contribution in [3.05, 3.63) is 33.9 Å². The first-order chi connectivity index (χ1) is 9.07. The van der Waals surface area contributed by atoms with E-state index < -0.39 is 10.9 Å². The number of rotatable bonds is 8. The highest BCUT2D eigenvalue weighted by Crippen LogP contribution is 2.30. The second-order valence-electron chi connectivity index (χ2n) is 3.62. The highest BCUT2D eigenvalue weighted by Gasteiger charge is 2.22. The third kappa shape index (κ3) is 4.22. The van der Waals surface area contributed by atoms with E-state index in [4.69, 9.17) is 14.6 Å². The highest BCUT2D eigenvalue weighted by molar-refractivity contribution is 5.92. The van der Waals surface area contributed by atoms with Gasteiger partial charge >= 0.3 is 11.7 Å². The molecule has 0 saturated heterocycles. The van der Waals surface area contributed by atoms with Crippen LogP contribution in [0.3, 0.4) is 0 Å². The number of hydrogen-bond donors (Lipinski definition) is 1. The molecule has 0 saturated carbocycles. The third-order valence-electron chi connectivity index (χ3n) is 2.30. The molecule has 0 heterocycles. The molecular weight excluding hydrogens is 254 g/mol. The van der Waals surface area contributed by atoms with Gasteiger partial charge in [-0.3, -0.25) is 10.1 Å². The van der Waals surface area contributed by atoms with Gasteiger partial charge in [0.25, 0.3) is 0 Å². The predicted octanol–water partition coefficient (Wildman–Crippen LogP) is 2.10. The van der Waals surface area contributed by atoms with Gasteiger partial charge in [0.2, 0.25) is 5.75 Å². The average Bonchev–Trinajstić information content (AvgIpc) is 2.38. The first kappa shape index (κ1) is 14.9. The van der Waals surface area contributed by atoms with E-state index in [1.165, 1.54) is 18.2 Å². The van der Waals surface area contributed by atoms with E-state index in [0.717, 1.165) is 0 Å². The molecule has 1 aromatic carbocycles. The summed E-state index contributed by atoms with van der Waals surface area (Å²) >= 11 is 0. The molecule has 0 spiro atoms. The van der Waals surface area contributed by atoms with Crippen LogP contribution in [0, 0.1) is 10.1 Å². The van der Waals surface area contributed by atoms with Crippen LogP contribution in [0.15, 0.2) is 18.2 Å². The van der Waals surface area contributed by atoms with E-state index in [0.29, 0.717) is 19.6 Å². The van der Waals surface area contributed by atoms with Gasteiger partial charge in [-0.05, 0) is 13.0 Å². The zero-order chi connectivity index (χ0) is 14.3. The fourth-order valence-electron chi connectivity index (χ4n) is 1.47. The lowest BCUT2D eigenvalue weighted by Gasteiger charge is -2.09. The Labute approximate surface area is 109 Å². The van der Waals surface area contributed by atoms with E-state index in [1.54, 1.807) is 0 Å². The van der Waals surface area contributed by atoms with Crippen molar-refractivity contribution in [3.63, 3.8) is 0 Å². The normalized spacial score (nSPS) is 10.2. The maximum atomic E-state index is 11.0. The van der Waals surface area contributed by atoms with Gasteiger partial charge < -0.3 is 14.6 Å². The molecule has 0 bridgehead atoms. The van der Waals surface area contributed by atoms with Crippen LogP contribution in [-0.2, 0) is 4.74 Å². The maximum absolute atomic E-state index is 11.0. The topological polar surface area (TPSA) is 98.9 Å². The monoisotopic (exact) mass is 269 g/mol. The van der Waals surface area contributed by atoms with Crippen molar-refractivity contribution >= 4 is 11.7 Å². The number of benzene rings is 1. The van der Waals surface area contributed by atoms with Gasteiger partial charge in [-0.1, -0.05) is 6.07 Å². The largest absolute Gasteiger partial charge is 0.486 e. The van der Waals surface area contributed by atoms with Crippen molar-refractivity contribution < 1.29 is 24.3 Å². The van der Waals surface area contributed by atoms with E-state index in [-0.39, 0.29) is 23.6 Å². The quantitative estimate of drug-likeness (QED) is 0.440. The molecule has 1 N–H and O–H groups in total. The summed E-state index contributed by atoms with van der Waals surface area (Å²) in [6.45, 7) is 3.04. The third-order valence-corrected chi connectivity index (χ3v) is 2.30. The number of carbonyl (C=O) groups is 1. The highest BCUT2D eigenvalue weighted by atomic mass is 16.6.